The van der Waals surface area contributed by atoms with Crippen molar-refractivity contribution in [2.45, 2.75) is 58.9 Å². The molecule has 1 saturated carbocycles. The van der Waals surface area contributed by atoms with Gasteiger partial charge in [0.25, 0.3) is 0 Å². The maximum Gasteiger partial charge on any atom is 0.0983 e. The second-order valence-electron chi connectivity index (χ2n) is 5.23. The van der Waals surface area contributed by atoms with Crippen molar-refractivity contribution in [2.75, 3.05) is 7.05 Å². The molecular weight excluding hydrogens is 184 g/mol. The van der Waals surface area contributed by atoms with Crippen molar-refractivity contribution in [1.82, 2.24) is 4.90 Å². The first-order valence-electron chi connectivity index (χ1n) is 6.37. The Morgan fingerprint density at radius 2 is 1.80 bits per heavy atom. The molecule has 0 aromatic heterocycles. The molecule has 0 unspecified atom stereocenters. The van der Waals surface area contributed by atoms with E-state index in [4.69, 9.17) is 5.41 Å². The monoisotopic (exact) mass is 210 g/mol. The number of nitrogens with zero attached hydrogens (tertiary/aromatic N) is 1. The van der Waals surface area contributed by atoms with Crippen molar-refractivity contribution in [3.63, 3.8) is 0 Å². The van der Waals surface area contributed by atoms with Crippen molar-refractivity contribution in [2.24, 2.45) is 11.8 Å². The number of hydrogen-bond donors (Lipinski definition) is 1. The molecular formula is C13H26N2. The first-order valence-corrected chi connectivity index (χ1v) is 6.37. The van der Waals surface area contributed by atoms with E-state index in [1.807, 2.05) is 0 Å². The smallest absolute Gasteiger partial charge is 0.0983 e. The van der Waals surface area contributed by atoms with E-state index < -0.39 is 0 Å². The van der Waals surface area contributed by atoms with E-state index in [1.54, 1.807) is 0 Å². The lowest BCUT2D eigenvalue weighted by molar-refractivity contribution is 0.220. The maximum atomic E-state index is 8.01. The largest absolute Gasteiger partial charge is 0.360 e. The van der Waals surface area contributed by atoms with Gasteiger partial charge in [0.2, 0.25) is 0 Å². The minimum absolute atomic E-state index is 0.360. The van der Waals surface area contributed by atoms with Crippen LogP contribution in [0, 0.1) is 17.2 Å². The van der Waals surface area contributed by atoms with Crippen LogP contribution in [0.25, 0.3) is 0 Å². The molecule has 0 aliphatic heterocycles. The second kappa shape index (κ2) is 5.53. The number of amidine groups is 1. The molecule has 1 rings (SSSR count). The molecule has 1 N–H and O–H groups in total. The molecule has 0 radical (unpaired) electrons. The van der Waals surface area contributed by atoms with Crippen LogP contribution in [-0.2, 0) is 0 Å². The van der Waals surface area contributed by atoms with Gasteiger partial charge in [0.1, 0.15) is 0 Å². The fourth-order valence-electron chi connectivity index (χ4n) is 2.54. The lowest BCUT2D eigenvalue weighted by Crippen LogP contribution is -2.41. The predicted octanol–water partition coefficient (Wildman–Crippen LogP) is 3.52. The Balaban J connectivity index is 2.42. The summed E-state index contributed by atoms with van der Waals surface area (Å²) in [5, 5.41) is 8.01. The summed E-state index contributed by atoms with van der Waals surface area (Å²) in [4.78, 5) is 2.20. The van der Waals surface area contributed by atoms with Gasteiger partial charge in [0, 0.05) is 19.0 Å². The highest BCUT2D eigenvalue weighted by molar-refractivity contribution is 5.81. The van der Waals surface area contributed by atoms with Crippen LogP contribution >= 0.6 is 0 Å². The van der Waals surface area contributed by atoms with E-state index in [0.717, 1.165) is 11.8 Å². The van der Waals surface area contributed by atoms with E-state index in [0.29, 0.717) is 12.0 Å². The molecule has 0 bridgehead atoms. The van der Waals surface area contributed by atoms with Crippen LogP contribution in [0.4, 0.5) is 0 Å². The molecule has 15 heavy (non-hydrogen) atoms. The Morgan fingerprint density at radius 3 is 2.20 bits per heavy atom. The van der Waals surface area contributed by atoms with E-state index in [9.17, 15) is 0 Å². The van der Waals surface area contributed by atoms with Gasteiger partial charge in [0.05, 0.1) is 5.84 Å². The van der Waals surface area contributed by atoms with Gasteiger partial charge < -0.3 is 4.90 Å². The highest BCUT2D eigenvalue weighted by atomic mass is 15.2. The molecule has 0 aromatic rings. The van der Waals surface area contributed by atoms with E-state index in [-0.39, 0.29) is 0 Å². The Morgan fingerprint density at radius 1 is 1.27 bits per heavy atom. The molecule has 1 aliphatic carbocycles. The number of rotatable bonds is 3. The molecule has 2 heteroatoms. The van der Waals surface area contributed by atoms with Crippen LogP contribution in [0.2, 0.25) is 0 Å². The third-order valence-corrected chi connectivity index (χ3v) is 3.87. The molecule has 1 aliphatic rings. The quantitative estimate of drug-likeness (QED) is 0.560. The third-order valence-electron chi connectivity index (χ3n) is 3.87. The topological polar surface area (TPSA) is 27.1 Å². The van der Waals surface area contributed by atoms with Crippen LogP contribution in [0.5, 0.6) is 0 Å². The van der Waals surface area contributed by atoms with Gasteiger partial charge in [-0.3, -0.25) is 5.41 Å². The summed E-state index contributed by atoms with van der Waals surface area (Å²) in [5.74, 6) is 2.11. The summed E-state index contributed by atoms with van der Waals surface area (Å²) in [7, 11) is 2.10. The average molecular weight is 210 g/mol. The Kier molecular flexibility index (Phi) is 4.62. The number of nitrogens with one attached hydrogen (secondary N) is 1. The lowest BCUT2D eigenvalue weighted by Gasteiger charge is -2.36. The molecule has 88 valence electrons. The predicted molar refractivity (Wildman–Crippen MR) is 66.4 cm³/mol. The second-order valence-corrected chi connectivity index (χ2v) is 5.23. The van der Waals surface area contributed by atoms with E-state index in [2.05, 4.69) is 32.7 Å². The highest BCUT2D eigenvalue weighted by Crippen LogP contribution is 2.29. The molecule has 0 amide bonds. The van der Waals surface area contributed by atoms with Gasteiger partial charge in [-0.15, -0.1) is 0 Å². The summed E-state index contributed by atoms with van der Waals surface area (Å²) in [6.45, 7) is 6.51. The standard InChI is InChI=1S/C13H26N2/c1-5-11-6-8-12(9-7-11)15(4)13(14)10(2)3/h10-12,14H,5-9H2,1-4H3. The van der Waals surface area contributed by atoms with Gasteiger partial charge in [0.15, 0.2) is 0 Å². The Bertz CT molecular complexity index is 203. The summed E-state index contributed by atoms with van der Waals surface area (Å²) in [5.41, 5.74) is 0. The first-order chi connectivity index (χ1) is 7.06. The van der Waals surface area contributed by atoms with Crippen molar-refractivity contribution >= 4 is 5.84 Å². The van der Waals surface area contributed by atoms with E-state index in [1.165, 1.54) is 32.1 Å². The minimum Gasteiger partial charge on any atom is -0.360 e. The molecule has 0 spiro atoms. The highest BCUT2D eigenvalue weighted by Gasteiger charge is 2.24. The zero-order chi connectivity index (χ0) is 11.4. The molecule has 2 nitrogen and oxygen atoms in total. The van der Waals surface area contributed by atoms with Gasteiger partial charge in [-0.05, 0) is 31.6 Å². The SMILES string of the molecule is CCC1CCC(N(C)C(=N)C(C)C)CC1. The maximum absolute atomic E-state index is 8.01. The van der Waals surface area contributed by atoms with Crippen LogP contribution in [0.1, 0.15) is 52.9 Å². The summed E-state index contributed by atoms with van der Waals surface area (Å²) in [6, 6.07) is 0.628. The van der Waals surface area contributed by atoms with Crippen molar-refractivity contribution in [3.8, 4) is 0 Å². The van der Waals surface area contributed by atoms with Crippen LogP contribution < -0.4 is 0 Å². The zero-order valence-electron chi connectivity index (χ0n) is 10.7. The Hall–Kier alpha value is -0.530. The lowest BCUT2D eigenvalue weighted by atomic mass is 9.84. The van der Waals surface area contributed by atoms with Crippen molar-refractivity contribution in [1.29, 1.82) is 5.41 Å². The van der Waals surface area contributed by atoms with Crippen molar-refractivity contribution in [3.05, 3.63) is 0 Å². The van der Waals surface area contributed by atoms with Crippen LogP contribution in [0.15, 0.2) is 0 Å². The van der Waals surface area contributed by atoms with Gasteiger partial charge in [-0.1, -0.05) is 27.2 Å². The fourth-order valence-corrected chi connectivity index (χ4v) is 2.54. The zero-order valence-corrected chi connectivity index (χ0v) is 10.7. The van der Waals surface area contributed by atoms with Crippen LogP contribution in [0.3, 0.4) is 0 Å². The normalized spacial score (nSPS) is 26.7. The molecule has 1 fully saturated rings. The molecule has 0 aromatic carbocycles. The number of hydrogen-bond acceptors (Lipinski definition) is 1. The fraction of sp³-hybridized carbons (Fsp3) is 0.923. The van der Waals surface area contributed by atoms with Crippen LogP contribution in [-0.4, -0.2) is 23.8 Å². The first kappa shape index (κ1) is 12.5. The Labute approximate surface area is 94.6 Å². The van der Waals surface area contributed by atoms with E-state index >= 15 is 0 Å². The molecule has 0 atom stereocenters. The van der Waals surface area contributed by atoms with Gasteiger partial charge >= 0.3 is 0 Å². The van der Waals surface area contributed by atoms with Gasteiger partial charge in [-0.25, -0.2) is 0 Å². The summed E-state index contributed by atoms with van der Waals surface area (Å²) in [6.07, 6.45) is 6.61. The molecule has 0 saturated heterocycles. The summed E-state index contributed by atoms with van der Waals surface area (Å²) < 4.78 is 0. The van der Waals surface area contributed by atoms with Gasteiger partial charge in [-0.2, -0.15) is 0 Å². The van der Waals surface area contributed by atoms with Crippen molar-refractivity contribution < 1.29 is 0 Å². The molecule has 0 heterocycles. The average Bonchev–Trinajstić information content (AvgIpc) is 2.27. The summed E-state index contributed by atoms with van der Waals surface area (Å²) >= 11 is 0. The third kappa shape index (κ3) is 3.22. The minimum atomic E-state index is 0.360.